The van der Waals surface area contributed by atoms with Gasteiger partial charge in [-0.3, -0.25) is 4.55 Å². The summed E-state index contributed by atoms with van der Waals surface area (Å²) in [6, 6.07) is 11.2. The second-order valence-electron chi connectivity index (χ2n) is 11.0. The molecule has 8 nitrogen and oxygen atoms in total. The van der Waals surface area contributed by atoms with Gasteiger partial charge in [0.1, 0.15) is 20.8 Å². The van der Waals surface area contributed by atoms with Crippen molar-refractivity contribution in [1.82, 2.24) is 9.55 Å². The molecule has 3 aromatic rings. The van der Waals surface area contributed by atoms with Gasteiger partial charge in [-0.1, -0.05) is 127 Å². The molecule has 0 spiro atoms. The summed E-state index contributed by atoms with van der Waals surface area (Å²) in [4.78, 5) is 3.18. The molecule has 0 bridgehead atoms. The van der Waals surface area contributed by atoms with Crippen molar-refractivity contribution in [3.63, 3.8) is 0 Å². The van der Waals surface area contributed by atoms with Gasteiger partial charge in [0.2, 0.25) is 0 Å². The number of hydrogen-bond donors (Lipinski definition) is 1. The Labute approximate surface area is 274 Å². The molecule has 2 aromatic carbocycles. The third kappa shape index (κ3) is 12.0. The molecule has 42 heavy (non-hydrogen) atoms. The number of hydrogen-bond acceptors (Lipinski definition) is 6. The fourth-order valence-electron chi connectivity index (χ4n) is 5.38. The molecule has 0 unspecified atom stereocenters. The van der Waals surface area contributed by atoms with Crippen molar-refractivity contribution in [3.05, 3.63) is 53.9 Å². The molecular weight excluding hydrogens is 583 g/mol. The largest absolute Gasteiger partial charge is 1.00 e. The Bertz CT molecular complexity index is 1440. The molecule has 0 aliphatic rings. The van der Waals surface area contributed by atoms with Crippen LogP contribution in [-0.2, 0) is 33.2 Å². The summed E-state index contributed by atoms with van der Waals surface area (Å²) >= 11 is 0. The third-order valence-corrected chi connectivity index (χ3v) is 9.29. The first-order valence-electron chi connectivity index (χ1n) is 15.1. The fraction of sp³-hybridized carbons (Fsp3) is 0.581. The van der Waals surface area contributed by atoms with Gasteiger partial charge in [-0.15, -0.1) is 0 Å². The molecule has 3 rings (SSSR count). The predicted molar refractivity (Wildman–Crippen MR) is 162 cm³/mol. The molecule has 1 N–H and O–H groups in total. The van der Waals surface area contributed by atoms with Crippen LogP contribution < -0.4 is 29.6 Å². The summed E-state index contributed by atoms with van der Waals surface area (Å²) < 4.78 is 71.3. The monoisotopic (exact) mass is 628 g/mol. The Kier molecular flexibility index (Phi) is 16.3. The van der Waals surface area contributed by atoms with Crippen LogP contribution in [0.1, 0.15) is 115 Å². The number of nitrogens with zero attached hydrogens (tertiary/aromatic N) is 2. The first-order valence-corrected chi connectivity index (χ1v) is 18.0. The molecule has 0 amide bonds. The van der Waals surface area contributed by atoms with Crippen molar-refractivity contribution >= 4 is 31.3 Å². The van der Waals surface area contributed by atoms with Gasteiger partial charge < -0.3 is 9.12 Å². The molecule has 0 saturated carbocycles. The molecular formula is C31H45N2NaO6S2. The smallest absolute Gasteiger partial charge is 0.744 e. The van der Waals surface area contributed by atoms with Crippen LogP contribution in [0.5, 0.6) is 0 Å². The summed E-state index contributed by atoms with van der Waals surface area (Å²) in [7, 11) is -9.79. The number of rotatable bonds is 20. The molecule has 1 heterocycles. The molecule has 11 heteroatoms. The molecule has 0 atom stereocenters. The molecule has 0 aliphatic heterocycles. The van der Waals surface area contributed by atoms with Crippen LogP contribution in [-0.4, -0.2) is 35.5 Å². The van der Waals surface area contributed by atoms with Crippen LogP contribution in [0.2, 0.25) is 0 Å². The zero-order valence-corrected chi connectivity index (χ0v) is 28.9. The van der Waals surface area contributed by atoms with Gasteiger partial charge in [-0.05, 0) is 24.1 Å². The summed E-state index contributed by atoms with van der Waals surface area (Å²) in [5, 5.41) is 0. The van der Waals surface area contributed by atoms with E-state index in [1.165, 1.54) is 77.0 Å². The number of fused-ring (bicyclic) bond motifs is 1. The number of unbranched alkanes of at least 4 members (excludes halogenated alkanes) is 14. The van der Waals surface area contributed by atoms with E-state index in [1.807, 2.05) is 30.3 Å². The maximum atomic E-state index is 12.3. The van der Waals surface area contributed by atoms with Crippen LogP contribution in [0.4, 0.5) is 0 Å². The Morgan fingerprint density at radius 2 is 1.26 bits per heavy atom. The third-order valence-electron chi connectivity index (χ3n) is 7.61. The molecule has 0 aliphatic carbocycles. The van der Waals surface area contributed by atoms with Crippen molar-refractivity contribution in [2.24, 2.45) is 0 Å². The van der Waals surface area contributed by atoms with Crippen LogP contribution in [0, 0.1) is 0 Å². The van der Waals surface area contributed by atoms with E-state index >= 15 is 0 Å². The number of benzene rings is 2. The summed E-state index contributed by atoms with van der Waals surface area (Å²) in [5.74, 6) is 0.587. The number of aromatic nitrogens is 2. The zero-order chi connectivity index (χ0) is 29.7. The number of aryl methyl sites for hydroxylation is 1. The van der Waals surface area contributed by atoms with E-state index in [0.29, 0.717) is 12.2 Å². The van der Waals surface area contributed by atoms with Gasteiger partial charge in [0.25, 0.3) is 10.1 Å². The molecule has 1 aromatic heterocycles. The van der Waals surface area contributed by atoms with Crippen molar-refractivity contribution in [2.45, 2.75) is 126 Å². The quantitative estimate of drug-likeness (QED) is 0.110. The predicted octanol–water partition coefficient (Wildman–Crippen LogP) is 4.65. The standard InChI is InChI=1S/C31H46N2O6S2.Na/c1-2-3-4-5-6-7-8-9-10-11-12-13-14-15-19-22-30-32-28-23-27(40(34,35)36)24-29(41(37,38)39)31(28)33(30)25-26-20-17-16-18-21-26;/h16-18,20-21,23-24H,2-15,19,22,25H2,1H3,(H,34,35,36)(H,37,38,39);/q;+1/p-1. The van der Waals surface area contributed by atoms with Crippen molar-refractivity contribution in [3.8, 4) is 0 Å². The van der Waals surface area contributed by atoms with Gasteiger partial charge in [-0.25, -0.2) is 13.4 Å². The number of imidazole rings is 1. The van der Waals surface area contributed by atoms with Crippen LogP contribution in [0.3, 0.4) is 0 Å². The van der Waals surface area contributed by atoms with Crippen LogP contribution in [0.15, 0.2) is 52.3 Å². The maximum absolute atomic E-state index is 12.3. The summed E-state index contributed by atoms with van der Waals surface area (Å²) in [6.07, 6.45) is 19.3. The van der Waals surface area contributed by atoms with Crippen molar-refractivity contribution in [1.29, 1.82) is 0 Å². The topological polar surface area (TPSA) is 129 Å². The second-order valence-corrected chi connectivity index (χ2v) is 13.8. The minimum atomic E-state index is -4.96. The summed E-state index contributed by atoms with van der Waals surface area (Å²) in [5.41, 5.74) is 1.05. The second kappa shape index (κ2) is 18.5. The summed E-state index contributed by atoms with van der Waals surface area (Å²) in [6.45, 7) is 2.54. The molecule has 0 fully saturated rings. The van der Waals surface area contributed by atoms with Crippen LogP contribution >= 0.6 is 0 Å². The fourth-order valence-corrected chi connectivity index (χ4v) is 6.70. The van der Waals surface area contributed by atoms with E-state index in [9.17, 15) is 25.9 Å². The van der Waals surface area contributed by atoms with Crippen LogP contribution in [0.25, 0.3) is 11.0 Å². The van der Waals surface area contributed by atoms with Gasteiger partial charge in [0.05, 0.1) is 15.9 Å². The molecule has 0 radical (unpaired) electrons. The minimum Gasteiger partial charge on any atom is -0.744 e. The first-order chi connectivity index (χ1) is 19.6. The maximum Gasteiger partial charge on any atom is 1.00 e. The first kappa shape index (κ1) is 36.9. The Balaban J connectivity index is 0.00000616. The van der Waals surface area contributed by atoms with E-state index < -0.39 is 30.0 Å². The zero-order valence-electron chi connectivity index (χ0n) is 25.3. The average Bonchev–Trinajstić information content (AvgIpc) is 3.26. The van der Waals surface area contributed by atoms with Crippen molar-refractivity contribution < 1.29 is 55.5 Å². The normalized spacial score (nSPS) is 12.1. The van der Waals surface area contributed by atoms with E-state index in [-0.39, 0.29) is 47.1 Å². The van der Waals surface area contributed by atoms with E-state index in [1.54, 1.807) is 4.57 Å². The van der Waals surface area contributed by atoms with Crippen molar-refractivity contribution in [2.75, 3.05) is 0 Å². The van der Waals surface area contributed by atoms with Gasteiger partial charge in [-0.2, -0.15) is 8.42 Å². The van der Waals surface area contributed by atoms with Gasteiger partial charge in [0, 0.05) is 13.0 Å². The Hall–Kier alpha value is -1.27. The SMILES string of the molecule is CCCCCCCCCCCCCCCCCc1nc2cc(S(=O)(=O)[O-])cc(S(=O)(=O)O)c2n1Cc1ccccc1.[Na+]. The Morgan fingerprint density at radius 1 is 0.762 bits per heavy atom. The van der Waals surface area contributed by atoms with E-state index in [2.05, 4.69) is 11.9 Å². The van der Waals surface area contributed by atoms with Gasteiger partial charge in [0.15, 0.2) is 0 Å². The molecule has 0 saturated heterocycles. The average molecular weight is 629 g/mol. The van der Waals surface area contributed by atoms with Gasteiger partial charge >= 0.3 is 29.6 Å². The van der Waals surface area contributed by atoms with E-state index in [0.717, 1.165) is 37.0 Å². The molecule has 228 valence electrons. The minimum absolute atomic E-state index is 0. The Morgan fingerprint density at radius 3 is 1.74 bits per heavy atom. The van der Waals surface area contributed by atoms with E-state index in [4.69, 9.17) is 0 Å².